The summed E-state index contributed by atoms with van der Waals surface area (Å²) >= 11 is 0. The number of rotatable bonds is 4. The first-order chi connectivity index (χ1) is 9.06. The van der Waals surface area contributed by atoms with E-state index in [1.54, 1.807) is 12.1 Å². The van der Waals surface area contributed by atoms with Crippen molar-refractivity contribution in [2.45, 2.75) is 19.4 Å². The molecule has 100 valence electrons. The summed E-state index contributed by atoms with van der Waals surface area (Å²) in [6.45, 7) is 1.82. The minimum Gasteiger partial charge on any atom is -0.379 e. The van der Waals surface area contributed by atoms with Gasteiger partial charge < -0.3 is 11.1 Å². The SMILES string of the molecule is CC(Cc1ccc(F)cc1)NC(=O)c1nonc1N. The molecule has 1 aromatic heterocycles. The number of benzene rings is 1. The van der Waals surface area contributed by atoms with Gasteiger partial charge in [0.15, 0.2) is 0 Å². The normalized spacial score (nSPS) is 12.1. The molecule has 2 aromatic rings. The third-order valence-corrected chi connectivity index (χ3v) is 2.56. The van der Waals surface area contributed by atoms with Gasteiger partial charge in [0, 0.05) is 6.04 Å². The van der Waals surface area contributed by atoms with Gasteiger partial charge in [-0.1, -0.05) is 12.1 Å². The predicted molar refractivity (Wildman–Crippen MR) is 65.7 cm³/mol. The monoisotopic (exact) mass is 264 g/mol. The number of nitrogens with two attached hydrogens (primary N) is 1. The van der Waals surface area contributed by atoms with Crippen LogP contribution in [0.1, 0.15) is 23.0 Å². The maximum absolute atomic E-state index is 12.8. The maximum atomic E-state index is 12.8. The molecule has 0 saturated heterocycles. The van der Waals surface area contributed by atoms with E-state index in [1.165, 1.54) is 12.1 Å². The van der Waals surface area contributed by atoms with Crippen molar-refractivity contribution in [3.05, 3.63) is 41.3 Å². The number of amides is 1. The molecule has 1 aromatic carbocycles. The molecule has 1 atom stereocenters. The van der Waals surface area contributed by atoms with E-state index < -0.39 is 5.91 Å². The van der Waals surface area contributed by atoms with Crippen LogP contribution in [0.3, 0.4) is 0 Å². The van der Waals surface area contributed by atoms with E-state index in [0.717, 1.165) is 5.56 Å². The van der Waals surface area contributed by atoms with Crippen molar-refractivity contribution < 1.29 is 13.8 Å². The van der Waals surface area contributed by atoms with Gasteiger partial charge in [0.05, 0.1) is 0 Å². The zero-order valence-electron chi connectivity index (χ0n) is 10.3. The molecule has 6 nitrogen and oxygen atoms in total. The topological polar surface area (TPSA) is 94.0 Å². The number of halogens is 1. The summed E-state index contributed by atoms with van der Waals surface area (Å²) in [5.41, 5.74) is 6.30. The van der Waals surface area contributed by atoms with Crippen molar-refractivity contribution in [1.29, 1.82) is 0 Å². The van der Waals surface area contributed by atoms with Crippen LogP contribution < -0.4 is 11.1 Å². The Hall–Kier alpha value is -2.44. The minimum atomic E-state index is -0.451. The van der Waals surface area contributed by atoms with Crippen LogP contribution in [0.2, 0.25) is 0 Å². The van der Waals surface area contributed by atoms with Crippen molar-refractivity contribution in [1.82, 2.24) is 15.6 Å². The van der Waals surface area contributed by atoms with E-state index in [9.17, 15) is 9.18 Å². The summed E-state index contributed by atoms with van der Waals surface area (Å²) in [5.74, 6) is -0.790. The molecule has 1 amide bonds. The molecule has 1 heterocycles. The van der Waals surface area contributed by atoms with Crippen LogP contribution >= 0.6 is 0 Å². The summed E-state index contributed by atoms with van der Waals surface area (Å²) in [7, 11) is 0. The van der Waals surface area contributed by atoms with Crippen LogP contribution in [-0.4, -0.2) is 22.3 Å². The van der Waals surface area contributed by atoms with Crippen molar-refractivity contribution in [3.63, 3.8) is 0 Å². The molecule has 0 aliphatic carbocycles. The number of anilines is 1. The van der Waals surface area contributed by atoms with Gasteiger partial charge in [0.25, 0.3) is 5.91 Å². The predicted octanol–water partition coefficient (Wildman–Crippen LogP) is 1.15. The Morgan fingerprint density at radius 3 is 2.68 bits per heavy atom. The molecule has 0 bridgehead atoms. The Labute approximate surface area is 108 Å². The molecule has 19 heavy (non-hydrogen) atoms. The second-order valence-electron chi connectivity index (χ2n) is 4.20. The zero-order chi connectivity index (χ0) is 13.8. The highest BCUT2D eigenvalue weighted by Gasteiger charge is 2.17. The lowest BCUT2D eigenvalue weighted by Gasteiger charge is -2.12. The van der Waals surface area contributed by atoms with Gasteiger partial charge >= 0.3 is 0 Å². The van der Waals surface area contributed by atoms with Gasteiger partial charge in [0.1, 0.15) is 5.82 Å². The zero-order valence-corrected chi connectivity index (χ0v) is 10.3. The second kappa shape index (κ2) is 5.47. The lowest BCUT2D eigenvalue weighted by molar-refractivity contribution is 0.0931. The number of carbonyl (C=O) groups is 1. The molecule has 0 spiro atoms. The largest absolute Gasteiger partial charge is 0.379 e. The van der Waals surface area contributed by atoms with Crippen LogP contribution in [0, 0.1) is 5.82 Å². The lowest BCUT2D eigenvalue weighted by Crippen LogP contribution is -2.34. The summed E-state index contributed by atoms with van der Waals surface area (Å²) in [6, 6.07) is 5.94. The lowest BCUT2D eigenvalue weighted by atomic mass is 10.1. The Balaban J connectivity index is 1.94. The molecular weight excluding hydrogens is 251 g/mol. The number of hydrogen-bond acceptors (Lipinski definition) is 5. The van der Waals surface area contributed by atoms with Crippen LogP contribution in [0.25, 0.3) is 0 Å². The molecule has 7 heteroatoms. The third kappa shape index (κ3) is 3.27. The molecule has 0 saturated carbocycles. The fourth-order valence-corrected chi connectivity index (χ4v) is 1.67. The molecule has 0 aliphatic heterocycles. The highest BCUT2D eigenvalue weighted by Crippen LogP contribution is 2.08. The molecule has 0 radical (unpaired) electrons. The van der Waals surface area contributed by atoms with Crippen LogP contribution in [0.15, 0.2) is 28.9 Å². The van der Waals surface area contributed by atoms with E-state index in [2.05, 4.69) is 20.3 Å². The average Bonchev–Trinajstić information content (AvgIpc) is 2.78. The Morgan fingerprint density at radius 1 is 1.42 bits per heavy atom. The summed E-state index contributed by atoms with van der Waals surface area (Å²) < 4.78 is 17.1. The summed E-state index contributed by atoms with van der Waals surface area (Å²) in [5, 5.41) is 9.45. The van der Waals surface area contributed by atoms with Crippen molar-refractivity contribution in [2.24, 2.45) is 0 Å². The minimum absolute atomic E-state index is 0.0362. The van der Waals surface area contributed by atoms with E-state index in [-0.39, 0.29) is 23.4 Å². The van der Waals surface area contributed by atoms with E-state index in [1.807, 2.05) is 6.92 Å². The van der Waals surface area contributed by atoms with Gasteiger partial charge in [-0.15, -0.1) is 0 Å². The molecule has 0 aliphatic rings. The molecule has 1 unspecified atom stereocenters. The van der Waals surface area contributed by atoms with Crippen LogP contribution in [-0.2, 0) is 6.42 Å². The Morgan fingerprint density at radius 2 is 2.11 bits per heavy atom. The van der Waals surface area contributed by atoms with Gasteiger partial charge in [-0.2, -0.15) is 0 Å². The highest BCUT2D eigenvalue weighted by molar-refractivity contribution is 5.96. The van der Waals surface area contributed by atoms with Gasteiger partial charge in [-0.05, 0) is 41.4 Å². The summed E-state index contributed by atoms with van der Waals surface area (Å²) in [4.78, 5) is 11.8. The number of carbonyl (C=O) groups excluding carboxylic acids is 1. The van der Waals surface area contributed by atoms with E-state index in [4.69, 9.17) is 5.73 Å². The molecular formula is C12H13FN4O2. The number of nitrogens with zero attached hydrogens (tertiary/aromatic N) is 2. The van der Waals surface area contributed by atoms with Crippen molar-refractivity contribution in [2.75, 3.05) is 5.73 Å². The van der Waals surface area contributed by atoms with E-state index in [0.29, 0.717) is 6.42 Å². The molecule has 2 rings (SSSR count). The fraction of sp³-hybridized carbons (Fsp3) is 0.250. The number of nitrogens with one attached hydrogen (secondary N) is 1. The highest BCUT2D eigenvalue weighted by atomic mass is 19.1. The number of nitrogen functional groups attached to an aromatic ring is 1. The average molecular weight is 264 g/mol. The van der Waals surface area contributed by atoms with Gasteiger partial charge in [-0.25, -0.2) is 9.02 Å². The first-order valence-electron chi connectivity index (χ1n) is 5.69. The fourth-order valence-electron chi connectivity index (χ4n) is 1.67. The maximum Gasteiger partial charge on any atom is 0.277 e. The first kappa shape index (κ1) is 13.0. The van der Waals surface area contributed by atoms with Crippen LogP contribution in [0.4, 0.5) is 10.2 Å². The summed E-state index contributed by atoms with van der Waals surface area (Å²) in [6.07, 6.45) is 0.567. The Bertz CT molecular complexity index is 567. The number of hydrogen-bond donors (Lipinski definition) is 2. The molecule has 3 N–H and O–H groups in total. The quantitative estimate of drug-likeness (QED) is 0.864. The van der Waals surface area contributed by atoms with Crippen molar-refractivity contribution in [3.8, 4) is 0 Å². The Kier molecular flexibility index (Phi) is 3.74. The van der Waals surface area contributed by atoms with E-state index >= 15 is 0 Å². The van der Waals surface area contributed by atoms with Crippen molar-refractivity contribution >= 4 is 11.7 Å². The second-order valence-corrected chi connectivity index (χ2v) is 4.20. The standard InChI is InChI=1S/C12H13FN4O2/c1-7(6-8-2-4-9(13)5-3-8)15-12(18)10-11(14)17-19-16-10/h2-5,7H,6H2,1H3,(H2,14,17)(H,15,18). The van der Waals surface area contributed by atoms with Gasteiger partial charge in [0.2, 0.25) is 11.5 Å². The van der Waals surface area contributed by atoms with Gasteiger partial charge in [-0.3, -0.25) is 4.79 Å². The third-order valence-electron chi connectivity index (χ3n) is 2.56. The first-order valence-corrected chi connectivity index (χ1v) is 5.69. The molecule has 0 fully saturated rings. The number of aromatic nitrogens is 2. The smallest absolute Gasteiger partial charge is 0.277 e. The van der Waals surface area contributed by atoms with Crippen LogP contribution in [0.5, 0.6) is 0 Å².